The highest BCUT2D eigenvalue weighted by Gasteiger charge is 2.21. The van der Waals surface area contributed by atoms with Gasteiger partial charge in [-0.15, -0.1) is 11.3 Å². The summed E-state index contributed by atoms with van der Waals surface area (Å²) in [5.41, 5.74) is -1.10. The van der Waals surface area contributed by atoms with Crippen molar-refractivity contribution in [3.63, 3.8) is 0 Å². The summed E-state index contributed by atoms with van der Waals surface area (Å²) < 4.78 is 45.8. The number of nitro benzene ring substituents is 1. The molecule has 1 heterocycles. The maximum Gasteiger partial charge on any atom is 0.340 e. The largest absolute Gasteiger partial charge is 0.452 e. The second-order valence-corrected chi connectivity index (χ2v) is 8.99. The fourth-order valence-corrected chi connectivity index (χ4v) is 4.55. The van der Waals surface area contributed by atoms with Gasteiger partial charge in [-0.25, -0.2) is 17.6 Å². The third-order valence-corrected chi connectivity index (χ3v) is 6.68. The first-order chi connectivity index (χ1) is 15.2. The Kier molecular flexibility index (Phi) is 6.80. The van der Waals surface area contributed by atoms with E-state index in [9.17, 15) is 32.5 Å². The van der Waals surface area contributed by atoms with Crippen molar-refractivity contribution in [1.82, 2.24) is 0 Å². The number of non-ortho nitro benzene ring substituents is 1. The topological polar surface area (TPSA) is 145 Å². The van der Waals surface area contributed by atoms with E-state index in [1.807, 2.05) is 0 Å². The predicted octanol–water partition coefficient (Wildman–Crippen LogP) is 3.39. The number of halogens is 1. The van der Waals surface area contributed by atoms with Gasteiger partial charge in [-0.05, 0) is 29.6 Å². The number of anilines is 2. The number of ether oxygens (including phenoxy) is 1. The molecule has 0 saturated carbocycles. The number of carbonyl (C=O) groups excluding carboxylic acids is 2. The van der Waals surface area contributed by atoms with E-state index in [0.717, 1.165) is 29.5 Å². The molecule has 32 heavy (non-hydrogen) atoms. The lowest BCUT2D eigenvalue weighted by Gasteiger charge is -2.12. The minimum Gasteiger partial charge on any atom is -0.452 e. The van der Waals surface area contributed by atoms with Crippen LogP contribution in [0.3, 0.4) is 0 Å². The van der Waals surface area contributed by atoms with Crippen LogP contribution in [-0.2, 0) is 19.6 Å². The van der Waals surface area contributed by atoms with Crippen LogP contribution in [0.15, 0.2) is 64.2 Å². The summed E-state index contributed by atoms with van der Waals surface area (Å²) in [6, 6.07) is 11.1. The monoisotopic (exact) mass is 479 g/mol. The van der Waals surface area contributed by atoms with Crippen LogP contribution >= 0.6 is 11.3 Å². The van der Waals surface area contributed by atoms with Crippen molar-refractivity contribution in [3.05, 3.63) is 81.5 Å². The van der Waals surface area contributed by atoms with Gasteiger partial charge in [0, 0.05) is 12.1 Å². The number of thiophene rings is 1. The molecule has 2 N–H and O–H groups in total. The molecule has 13 heteroatoms. The van der Waals surface area contributed by atoms with E-state index in [1.165, 1.54) is 30.3 Å². The van der Waals surface area contributed by atoms with E-state index < -0.39 is 50.6 Å². The fourth-order valence-electron chi connectivity index (χ4n) is 2.48. The van der Waals surface area contributed by atoms with Gasteiger partial charge in [-0.2, -0.15) is 0 Å². The Labute approximate surface area is 184 Å². The smallest absolute Gasteiger partial charge is 0.340 e. The SMILES string of the molecule is O=C(COC(=O)c1ccccc1NS(=O)(=O)c1cccs1)Nc1cc([N+](=O)[O-])ccc1F. The van der Waals surface area contributed by atoms with E-state index in [4.69, 9.17) is 4.74 Å². The second-order valence-electron chi connectivity index (χ2n) is 6.13. The predicted molar refractivity (Wildman–Crippen MR) is 114 cm³/mol. The molecule has 0 unspecified atom stereocenters. The number of nitrogens with one attached hydrogen (secondary N) is 2. The Bertz CT molecular complexity index is 1280. The molecule has 1 aromatic heterocycles. The summed E-state index contributed by atoms with van der Waals surface area (Å²) in [6.07, 6.45) is 0. The van der Waals surface area contributed by atoms with Gasteiger partial charge in [0.05, 0.1) is 21.9 Å². The number of amides is 1. The van der Waals surface area contributed by atoms with Crippen LogP contribution in [0.1, 0.15) is 10.4 Å². The molecule has 0 bridgehead atoms. The molecule has 3 rings (SSSR count). The Morgan fingerprint density at radius 1 is 1.09 bits per heavy atom. The number of sulfonamides is 1. The van der Waals surface area contributed by atoms with Gasteiger partial charge >= 0.3 is 5.97 Å². The number of hydrogen-bond donors (Lipinski definition) is 2. The number of esters is 1. The first kappa shape index (κ1) is 22.8. The number of nitro groups is 1. The van der Waals surface area contributed by atoms with Crippen LogP contribution in [0.4, 0.5) is 21.5 Å². The normalized spacial score (nSPS) is 10.9. The van der Waals surface area contributed by atoms with Crippen molar-refractivity contribution in [2.45, 2.75) is 4.21 Å². The van der Waals surface area contributed by atoms with Crippen LogP contribution < -0.4 is 10.0 Å². The zero-order chi connectivity index (χ0) is 23.3. The first-order valence-electron chi connectivity index (χ1n) is 8.73. The molecule has 10 nitrogen and oxygen atoms in total. The summed E-state index contributed by atoms with van der Waals surface area (Å²) in [6.45, 7) is -0.840. The van der Waals surface area contributed by atoms with Crippen LogP contribution in [0, 0.1) is 15.9 Å². The van der Waals surface area contributed by atoms with Gasteiger partial charge in [0.1, 0.15) is 10.0 Å². The minimum absolute atomic E-state index is 0.0408. The highest BCUT2D eigenvalue weighted by molar-refractivity contribution is 7.94. The van der Waals surface area contributed by atoms with Gasteiger partial charge in [0.15, 0.2) is 6.61 Å². The molecule has 0 aliphatic heterocycles. The van der Waals surface area contributed by atoms with Crippen molar-refractivity contribution in [2.24, 2.45) is 0 Å². The van der Waals surface area contributed by atoms with E-state index >= 15 is 0 Å². The lowest BCUT2D eigenvalue weighted by atomic mass is 10.2. The van der Waals surface area contributed by atoms with Crippen LogP contribution in [0.5, 0.6) is 0 Å². The van der Waals surface area contributed by atoms with Crippen molar-refractivity contribution in [3.8, 4) is 0 Å². The van der Waals surface area contributed by atoms with E-state index in [2.05, 4.69) is 10.0 Å². The number of nitrogens with zero attached hydrogens (tertiary/aromatic N) is 1. The van der Waals surface area contributed by atoms with Crippen LogP contribution in [0.2, 0.25) is 0 Å². The van der Waals surface area contributed by atoms with E-state index in [1.54, 1.807) is 11.4 Å². The summed E-state index contributed by atoms with van der Waals surface area (Å²) in [7, 11) is -3.93. The van der Waals surface area contributed by atoms with E-state index in [-0.39, 0.29) is 15.5 Å². The average molecular weight is 479 g/mol. The first-order valence-corrected chi connectivity index (χ1v) is 11.1. The Hall–Kier alpha value is -3.84. The van der Waals surface area contributed by atoms with Crippen LogP contribution in [0.25, 0.3) is 0 Å². The molecule has 1 amide bonds. The highest BCUT2D eigenvalue weighted by Crippen LogP contribution is 2.24. The molecule has 166 valence electrons. The number of para-hydroxylation sites is 1. The summed E-state index contributed by atoms with van der Waals surface area (Å²) in [5.74, 6) is -2.87. The standard InChI is InChI=1S/C19H14FN3O7S2/c20-14-8-7-12(23(26)27)10-16(14)21-17(24)11-30-19(25)13-4-1-2-5-15(13)22-32(28,29)18-6-3-9-31-18/h1-10,22H,11H2,(H,21,24). The van der Waals surface area contributed by atoms with Gasteiger partial charge < -0.3 is 10.1 Å². The molecule has 0 aliphatic rings. The molecule has 0 fully saturated rings. The van der Waals surface area contributed by atoms with Crippen molar-refractivity contribution < 1.29 is 32.1 Å². The zero-order valence-corrected chi connectivity index (χ0v) is 17.6. The minimum atomic E-state index is -3.93. The molecule has 0 radical (unpaired) electrons. The van der Waals surface area contributed by atoms with E-state index in [0.29, 0.717) is 0 Å². The number of carbonyl (C=O) groups is 2. The third-order valence-electron chi connectivity index (χ3n) is 3.92. The lowest BCUT2D eigenvalue weighted by molar-refractivity contribution is -0.384. The number of rotatable bonds is 8. The Balaban J connectivity index is 1.68. The number of benzene rings is 2. The molecule has 3 aromatic rings. The molecule has 0 atom stereocenters. The molecule has 0 aliphatic carbocycles. The quantitative estimate of drug-likeness (QED) is 0.286. The van der Waals surface area contributed by atoms with Gasteiger partial charge in [-0.3, -0.25) is 19.6 Å². The summed E-state index contributed by atoms with van der Waals surface area (Å²) >= 11 is 0.990. The maximum absolute atomic E-state index is 13.8. The van der Waals surface area contributed by atoms with Crippen molar-refractivity contribution in [1.29, 1.82) is 0 Å². The maximum atomic E-state index is 13.8. The molecule has 0 saturated heterocycles. The Morgan fingerprint density at radius 2 is 1.84 bits per heavy atom. The summed E-state index contributed by atoms with van der Waals surface area (Å²) in [5, 5.41) is 14.4. The van der Waals surface area contributed by atoms with Gasteiger partial charge in [0.2, 0.25) is 0 Å². The molecule has 2 aromatic carbocycles. The Morgan fingerprint density at radius 3 is 2.53 bits per heavy atom. The molecular formula is C19H14FN3O7S2. The average Bonchev–Trinajstić information content (AvgIpc) is 3.29. The van der Waals surface area contributed by atoms with Crippen LogP contribution in [-0.4, -0.2) is 31.8 Å². The fraction of sp³-hybridized carbons (Fsp3) is 0.0526. The zero-order valence-electron chi connectivity index (χ0n) is 16.0. The lowest BCUT2D eigenvalue weighted by Crippen LogP contribution is -2.22. The van der Waals surface area contributed by atoms with Crippen molar-refractivity contribution in [2.75, 3.05) is 16.6 Å². The summed E-state index contributed by atoms with van der Waals surface area (Å²) in [4.78, 5) is 34.4. The van der Waals surface area contributed by atoms with Gasteiger partial charge in [-0.1, -0.05) is 18.2 Å². The third kappa shape index (κ3) is 5.44. The van der Waals surface area contributed by atoms with Crippen molar-refractivity contribution >= 4 is 50.3 Å². The molecule has 0 spiro atoms. The van der Waals surface area contributed by atoms with Gasteiger partial charge in [0.25, 0.3) is 21.6 Å². The molecular weight excluding hydrogens is 465 g/mol. The second kappa shape index (κ2) is 9.53. The highest BCUT2D eigenvalue weighted by atomic mass is 32.2. The number of hydrogen-bond acceptors (Lipinski definition) is 8.